The Bertz CT molecular complexity index is 519. The fourth-order valence-corrected chi connectivity index (χ4v) is 3.85. The molecule has 25 heavy (non-hydrogen) atoms. The third-order valence-electron chi connectivity index (χ3n) is 6.52. The number of hydrogen-bond acceptors (Lipinski definition) is 3. The Morgan fingerprint density at radius 2 is 1.84 bits per heavy atom. The zero-order valence-corrected chi connectivity index (χ0v) is 16.9. The molecule has 2 rings (SSSR count). The molecule has 1 aromatic rings. The van der Waals surface area contributed by atoms with E-state index in [-0.39, 0.29) is 22.9 Å². The van der Waals surface area contributed by atoms with Crippen LogP contribution < -0.4 is 5.32 Å². The quantitative estimate of drug-likeness (QED) is 0.749. The minimum Gasteiger partial charge on any atom is -0.396 e. The van der Waals surface area contributed by atoms with Gasteiger partial charge in [-0.1, -0.05) is 65.0 Å². The minimum atomic E-state index is -0.0125. The molecule has 0 saturated carbocycles. The second-order valence-corrected chi connectivity index (χ2v) is 9.40. The standard InChI is InChI=1S/C22H38N2O/c1-6-21(5,18-25)15-23-16-22(20(2,3)4)12-13-24(17-22)14-19-10-8-7-9-11-19/h7-11,23,25H,6,12-18H2,1-5H3. The molecule has 1 heterocycles. The van der Waals surface area contributed by atoms with E-state index in [0.29, 0.717) is 0 Å². The molecule has 0 radical (unpaired) electrons. The van der Waals surface area contributed by atoms with E-state index in [1.807, 2.05) is 0 Å². The van der Waals surface area contributed by atoms with Crippen LogP contribution in [0.15, 0.2) is 30.3 Å². The van der Waals surface area contributed by atoms with E-state index in [0.717, 1.165) is 32.6 Å². The van der Waals surface area contributed by atoms with Gasteiger partial charge in [-0.2, -0.15) is 0 Å². The van der Waals surface area contributed by atoms with Crippen LogP contribution in [0.3, 0.4) is 0 Å². The topological polar surface area (TPSA) is 35.5 Å². The molecule has 0 bridgehead atoms. The third kappa shape index (κ3) is 5.06. The van der Waals surface area contributed by atoms with Gasteiger partial charge in [-0.05, 0) is 30.4 Å². The molecule has 2 N–H and O–H groups in total. The molecule has 0 spiro atoms. The lowest BCUT2D eigenvalue weighted by Gasteiger charge is -2.43. The molecule has 1 aromatic carbocycles. The lowest BCUT2D eigenvalue weighted by atomic mass is 9.65. The van der Waals surface area contributed by atoms with Crippen molar-refractivity contribution in [2.75, 3.05) is 32.8 Å². The maximum absolute atomic E-state index is 9.66. The highest BCUT2D eigenvalue weighted by atomic mass is 16.3. The van der Waals surface area contributed by atoms with Crippen LogP contribution in [0.2, 0.25) is 0 Å². The molecule has 3 nitrogen and oxygen atoms in total. The maximum Gasteiger partial charge on any atom is 0.0496 e. The molecule has 1 fully saturated rings. The van der Waals surface area contributed by atoms with E-state index in [9.17, 15) is 5.11 Å². The average Bonchev–Trinajstić information content (AvgIpc) is 3.00. The van der Waals surface area contributed by atoms with Gasteiger partial charge in [0.15, 0.2) is 0 Å². The number of hydrogen-bond donors (Lipinski definition) is 2. The summed E-state index contributed by atoms with van der Waals surface area (Å²) < 4.78 is 0. The number of aliphatic hydroxyl groups excluding tert-OH is 1. The van der Waals surface area contributed by atoms with Crippen molar-refractivity contribution in [3.8, 4) is 0 Å². The number of nitrogens with one attached hydrogen (secondary N) is 1. The van der Waals surface area contributed by atoms with Gasteiger partial charge in [-0.25, -0.2) is 0 Å². The van der Waals surface area contributed by atoms with Crippen molar-refractivity contribution in [3.63, 3.8) is 0 Å². The van der Waals surface area contributed by atoms with Crippen LogP contribution in [0.25, 0.3) is 0 Å². The van der Waals surface area contributed by atoms with E-state index in [1.54, 1.807) is 0 Å². The maximum atomic E-state index is 9.66. The van der Waals surface area contributed by atoms with Crippen molar-refractivity contribution in [2.45, 2.75) is 54.0 Å². The Morgan fingerprint density at radius 3 is 2.40 bits per heavy atom. The lowest BCUT2D eigenvalue weighted by Crippen LogP contribution is -2.48. The third-order valence-corrected chi connectivity index (χ3v) is 6.52. The van der Waals surface area contributed by atoms with Crippen molar-refractivity contribution in [1.82, 2.24) is 10.2 Å². The number of rotatable bonds is 8. The highest BCUT2D eigenvalue weighted by Gasteiger charge is 2.46. The van der Waals surface area contributed by atoms with Crippen LogP contribution in [-0.2, 0) is 6.54 Å². The summed E-state index contributed by atoms with van der Waals surface area (Å²) in [6.07, 6.45) is 2.23. The fourth-order valence-electron chi connectivity index (χ4n) is 3.85. The van der Waals surface area contributed by atoms with Gasteiger partial charge in [0, 0.05) is 43.6 Å². The molecule has 0 aliphatic carbocycles. The highest BCUT2D eigenvalue weighted by Crippen LogP contribution is 2.46. The summed E-state index contributed by atoms with van der Waals surface area (Å²) in [7, 11) is 0. The Labute approximate surface area is 154 Å². The van der Waals surface area contributed by atoms with Gasteiger partial charge in [-0.15, -0.1) is 0 Å². The molecule has 0 aromatic heterocycles. The van der Waals surface area contributed by atoms with Crippen molar-refractivity contribution in [3.05, 3.63) is 35.9 Å². The van der Waals surface area contributed by atoms with Gasteiger partial charge in [0.2, 0.25) is 0 Å². The van der Waals surface area contributed by atoms with Crippen molar-refractivity contribution in [2.24, 2.45) is 16.2 Å². The van der Waals surface area contributed by atoms with Gasteiger partial charge < -0.3 is 10.4 Å². The Balaban J connectivity index is 2.00. The first-order valence-corrected chi connectivity index (χ1v) is 9.81. The zero-order valence-electron chi connectivity index (χ0n) is 16.9. The van der Waals surface area contributed by atoms with E-state index in [4.69, 9.17) is 0 Å². The monoisotopic (exact) mass is 346 g/mol. The van der Waals surface area contributed by atoms with Gasteiger partial charge in [-0.3, -0.25) is 4.90 Å². The highest BCUT2D eigenvalue weighted by molar-refractivity contribution is 5.15. The van der Waals surface area contributed by atoms with Crippen LogP contribution in [0.1, 0.15) is 53.0 Å². The summed E-state index contributed by atoms with van der Waals surface area (Å²) in [5, 5.41) is 13.4. The van der Waals surface area contributed by atoms with E-state index < -0.39 is 0 Å². The summed E-state index contributed by atoms with van der Waals surface area (Å²) in [4.78, 5) is 2.60. The summed E-state index contributed by atoms with van der Waals surface area (Å²) >= 11 is 0. The smallest absolute Gasteiger partial charge is 0.0496 e. The predicted octanol–water partition coefficient (Wildman–Crippen LogP) is 3.92. The zero-order chi connectivity index (χ0) is 18.6. The average molecular weight is 347 g/mol. The summed E-state index contributed by atoms with van der Waals surface area (Å²) in [5.41, 5.74) is 1.93. The summed E-state index contributed by atoms with van der Waals surface area (Å²) in [6, 6.07) is 10.8. The molecule has 1 saturated heterocycles. The minimum absolute atomic E-state index is 0.0125. The first-order chi connectivity index (χ1) is 11.7. The van der Waals surface area contributed by atoms with Crippen LogP contribution in [0.4, 0.5) is 0 Å². The molecule has 1 aliphatic heterocycles. The lowest BCUT2D eigenvalue weighted by molar-refractivity contribution is 0.0777. The second-order valence-electron chi connectivity index (χ2n) is 9.40. The number of nitrogens with zero attached hydrogens (tertiary/aromatic N) is 1. The molecular weight excluding hydrogens is 308 g/mol. The van der Waals surface area contributed by atoms with Crippen LogP contribution in [0, 0.1) is 16.2 Å². The van der Waals surface area contributed by atoms with Crippen LogP contribution in [-0.4, -0.2) is 42.8 Å². The Morgan fingerprint density at radius 1 is 1.16 bits per heavy atom. The summed E-state index contributed by atoms with van der Waals surface area (Å²) in [5.74, 6) is 0. The van der Waals surface area contributed by atoms with E-state index >= 15 is 0 Å². The molecule has 3 heteroatoms. The summed E-state index contributed by atoms with van der Waals surface area (Å²) in [6.45, 7) is 17.0. The van der Waals surface area contributed by atoms with Gasteiger partial charge in [0.1, 0.15) is 0 Å². The largest absolute Gasteiger partial charge is 0.396 e. The molecule has 142 valence electrons. The van der Waals surface area contributed by atoms with Gasteiger partial charge in [0.05, 0.1) is 0 Å². The van der Waals surface area contributed by atoms with Gasteiger partial charge in [0.25, 0.3) is 0 Å². The van der Waals surface area contributed by atoms with Crippen LogP contribution >= 0.6 is 0 Å². The fraction of sp³-hybridized carbons (Fsp3) is 0.727. The number of benzene rings is 1. The molecular formula is C22H38N2O. The van der Waals surface area contributed by atoms with E-state index in [1.165, 1.54) is 18.5 Å². The molecule has 0 amide bonds. The Kier molecular flexibility index (Phi) is 6.69. The normalized spacial score (nSPS) is 24.4. The van der Waals surface area contributed by atoms with Crippen LogP contribution in [0.5, 0.6) is 0 Å². The Hall–Kier alpha value is -0.900. The predicted molar refractivity (Wildman–Crippen MR) is 107 cm³/mol. The SMILES string of the molecule is CCC(C)(CO)CNCC1(C(C)(C)C)CCN(Cc2ccccc2)C1. The molecule has 2 unspecified atom stereocenters. The number of aliphatic hydroxyl groups is 1. The molecule has 2 atom stereocenters. The van der Waals surface area contributed by atoms with Gasteiger partial charge >= 0.3 is 0 Å². The first kappa shape index (κ1) is 20.4. The molecule has 1 aliphatic rings. The van der Waals surface area contributed by atoms with Crippen molar-refractivity contribution < 1.29 is 5.11 Å². The van der Waals surface area contributed by atoms with Crippen molar-refractivity contribution >= 4 is 0 Å². The second kappa shape index (κ2) is 8.20. The van der Waals surface area contributed by atoms with E-state index in [2.05, 4.69) is 75.2 Å². The van der Waals surface area contributed by atoms with Crippen molar-refractivity contribution in [1.29, 1.82) is 0 Å². The number of likely N-dealkylation sites (tertiary alicyclic amines) is 1. The first-order valence-electron chi connectivity index (χ1n) is 9.81.